The van der Waals surface area contributed by atoms with E-state index in [0.29, 0.717) is 38.3 Å². The van der Waals surface area contributed by atoms with E-state index in [9.17, 15) is 10.1 Å². The van der Waals surface area contributed by atoms with Gasteiger partial charge in [0.15, 0.2) is 0 Å². The van der Waals surface area contributed by atoms with Gasteiger partial charge in [-0.25, -0.2) is 0 Å². The monoisotopic (exact) mass is 604 g/mol. The predicted molar refractivity (Wildman–Crippen MR) is 157 cm³/mol. The molecule has 1 spiro atoms. The van der Waals surface area contributed by atoms with Crippen molar-refractivity contribution in [1.82, 2.24) is 19.8 Å². The number of halogens is 1. The lowest BCUT2D eigenvalue weighted by molar-refractivity contribution is -0.128. The number of piperazine rings is 1. The summed E-state index contributed by atoms with van der Waals surface area (Å²) in [7, 11) is 2.15. The number of hydrogen-bond donors (Lipinski definition) is 0. The molecule has 1 amide bonds. The number of nitrogens with zero attached hydrogens (tertiary/aromatic N) is 6. The van der Waals surface area contributed by atoms with Gasteiger partial charge in [-0.3, -0.25) is 4.79 Å². The molecule has 9 heteroatoms. The van der Waals surface area contributed by atoms with Crippen molar-refractivity contribution in [2.75, 3.05) is 44.7 Å². The fraction of sp³-hybridized carbons (Fsp3) is 0.548. The fourth-order valence-electron chi connectivity index (χ4n) is 7.26. The van der Waals surface area contributed by atoms with Crippen LogP contribution < -0.4 is 9.64 Å². The number of rotatable bonds is 6. The molecule has 210 valence electrons. The topological polar surface area (TPSA) is 85.6 Å². The van der Waals surface area contributed by atoms with Gasteiger partial charge in [0.1, 0.15) is 12.4 Å². The molecule has 1 aromatic heterocycles. The standard InChI is InChI=1S/C31H37BrN6O2/c1-3-28(39)38-15-14-37(19-22(38)10-12-33)29-24-9-11-31(16-21-6-4-8-26(32)25(21)17-31)18-27(24)34-30(35-29)40-20-23-7-5-13-36(23)2/h3-4,6,8,22-23H,1,5,7,9-11,13-20H2,2H3. The summed E-state index contributed by atoms with van der Waals surface area (Å²) < 4.78 is 7.52. The number of amides is 1. The third kappa shape index (κ3) is 5.12. The van der Waals surface area contributed by atoms with Crippen LogP contribution in [0.2, 0.25) is 0 Å². The molecule has 3 heterocycles. The summed E-state index contributed by atoms with van der Waals surface area (Å²) in [4.78, 5) is 28.9. The van der Waals surface area contributed by atoms with Crippen molar-refractivity contribution in [2.24, 2.45) is 5.41 Å². The molecule has 4 aliphatic rings. The second kappa shape index (κ2) is 11.1. The van der Waals surface area contributed by atoms with Gasteiger partial charge in [0, 0.05) is 35.7 Å². The lowest BCUT2D eigenvalue weighted by Crippen LogP contribution is -2.55. The van der Waals surface area contributed by atoms with Gasteiger partial charge in [0.25, 0.3) is 0 Å². The Bertz CT molecular complexity index is 1360. The zero-order valence-electron chi connectivity index (χ0n) is 23.2. The molecule has 40 heavy (non-hydrogen) atoms. The van der Waals surface area contributed by atoms with E-state index in [4.69, 9.17) is 14.7 Å². The van der Waals surface area contributed by atoms with Gasteiger partial charge < -0.3 is 19.4 Å². The number of aromatic nitrogens is 2. The van der Waals surface area contributed by atoms with Crippen molar-refractivity contribution >= 4 is 27.7 Å². The quantitative estimate of drug-likeness (QED) is 0.459. The van der Waals surface area contributed by atoms with Crippen LogP contribution in [0.5, 0.6) is 6.01 Å². The SMILES string of the molecule is C=CC(=O)N1CCN(c2nc(OCC3CCCN3C)nc3c2CCC2(Cc4cccc(Br)c4C2)C3)CC1CC#N. The molecule has 2 aromatic rings. The average molecular weight is 606 g/mol. The summed E-state index contributed by atoms with van der Waals surface area (Å²) >= 11 is 3.79. The number of carbonyl (C=O) groups is 1. The van der Waals surface area contributed by atoms with Crippen molar-refractivity contribution in [1.29, 1.82) is 5.26 Å². The Kier molecular flexibility index (Phi) is 7.58. The van der Waals surface area contributed by atoms with E-state index < -0.39 is 0 Å². The van der Waals surface area contributed by atoms with Gasteiger partial charge in [-0.2, -0.15) is 15.2 Å². The van der Waals surface area contributed by atoms with Crippen LogP contribution in [0.4, 0.5) is 5.82 Å². The fourth-order valence-corrected chi connectivity index (χ4v) is 7.81. The van der Waals surface area contributed by atoms with Crippen molar-refractivity contribution in [3.05, 3.63) is 57.7 Å². The molecule has 2 aliphatic heterocycles. The smallest absolute Gasteiger partial charge is 0.318 e. The first kappa shape index (κ1) is 27.2. The lowest BCUT2D eigenvalue weighted by atomic mass is 9.71. The van der Waals surface area contributed by atoms with Gasteiger partial charge in [0.2, 0.25) is 5.91 Å². The molecule has 0 bridgehead atoms. The first-order chi connectivity index (χ1) is 19.4. The number of ether oxygens (including phenoxy) is 1. The van der Waals surface area contributed by atoms with E-state index in [-0.39, 0.29) is 23.8 Å². The summed E-state index contributed by atoms with van der Waals surface area (Å²) in [5.41, 5.74) is 5.33. The van der Waals surface area contributed by atoms with E-state index in [1.807, 2.05) is 0 Å². The summed E-state index contributed by atoms with van der Waals surface area (Å²) in [6.45, 7) is 7.08. The number of nitriles is 1. The van der Waals surface area contributed by atoms with Crippen LogP contribution in [0.1, 0.15) is 48.1 Å². The zero-order chi connectivity index (χ0) is 27.9. The van der Waals surface area contributed by atoms with E-state index in [1.165, 1.54) is 33.7 Å². The van der Waals surface area contributed by atoms with Crippen LogP contribution in [-0.4, -0.2) is 77.6 Å². The van der Waals surface area contributed by atoms with E-state index in [0.717, 1.165) is 56.6 Å². The minimum atomic E-state index is -0.206. The molecule has 0 saturated carbocycles. The van der Waals surface area contributed by atoms with Gasteiger partial charge in [-0.1, -0.05) is 34.6 Å². The highest BCUT2D eigenvalue weighted by atomic mass is 79.9. The molecule has 6 rings (SSSR count). The molecule has 8 nitrogen and oxygen atoms in total. The van der Waals surface area contributed by atoms with Crippen molar-refractivity contribution in [2.45, 2.75) is 63.5 Å². The molecule has 3 atom stereocenters. The van der Waals surface area contributed by atoms with Crippen LogP contribution in [-0.2, 0) is 30.5 Å². The van der Waals surface area contributed by atoms with E-state index in [1.54, 1.807) is 4.90 Å². The Labute approximate surface area is 245 Å². The third-order valence-electron chi connectivity index (χ3n) is 9.47. The second-order valence-electron chi connectivity index (χ2n) is 11.9. The number of fused-ring (bicyclic) bond motifs is 2. The molecule has 0 N–H and O–H groups in total. The average Bonchev–Trinajstić information content (AvgIpc) is 3.54. The minimum absolute atomic E-state index is 0.122. The summed E-state index contributed by atoms with van der Waals surface area (Å²) in [5.74, 6) is 0.795. The first-order valence-corrected chi connectivity index (χ1v) is 15.2. The normalized spacial score (nSPS) is 25.9. The van der Waals surface area contributed by atoms with Crippen LogP contribution >= 0.6 is 15.9 Å². The van der Waals surface area contributed by atoms with E-state index >= 15 is 0 Å². The highest BCUT2D eigenvalue weighted by Gasteiger charge is 2.43. The zero-order valence-corrected chi connectivity index (χ0v) is 24.8. The maximum Gasteiger partial charge on any atom is 0.318 e. The Morgan fingerprint density at radius 3 is 2.85 bits per heavy atom. The van der Waals surface area contributed by atoms with Gasteiger partial charge in [-0.05, 0) is 87.2 Å². The largest absolute Gasteiger partial charge is 0.462 e. The van der Waals surface area contributed by atoms with Crippen molar-refractivity contribution in [3.63, 3.8) is 0 Å². The number of anilines is 1. The van der Waals surface area contributed by atoms with E-state index in [2.05, 4.69) is 63.6 Å². The van der Waals surface area contributed by atoms with Crippen molar-refractivity contribution < 1.29 is 9.53 Å². The number of carbonyl (C=O) groups excluding carboxylic acids is 1. The maximum atomic E-state index is 12.5. The lowest BCUT2D eigenvalue weighted by Gasteiger charge is -2.42. The van der Waals surface area contributed by atoms with Gasteiger partial charge in [-0.15, -0.1) is 0 Å². The Hall–Kier alpha value is -2.96. The second-order valence-corrected chi connectivity index (χ2v) is 12.8. The van der Waals surface area contributed by atoms with Crippen LogP contribution in [0.3, 0.4) is 0 Å². The summed E-state index contributed by atoms with van der Waals surface area (Å²) in [6, 6.07) is 9.45. The predicted octanol–water partition coefficient (Wildman–Crippen LogP) is 4.10. The molecular formula is C31H37BrN6O2. The summed E-state index contributed by atoms with van der Waals surface area (Å²) in [6.07, 6.45) is 8.95. The molecule has 2 saturated heterocycles. The Morgan fingerprint density at radius 1 is 1.23 bits per heavy atom. The molecule has 0 radical (unpaired) electrons. The first-order valence-electron chi connectivity index (χ1n) is 14.4. The highest BCUT2D eigenvalue weighted by molar-refractivity contribution is 9.10. The third-order valence-corrected chi connectivity index (χ3v) is 10.2. The molecule has 1 aromatic carbocycles. The minimum Gasteiger partial charge on any atom is -0.462 e. The number of hydrogen-bond acceptors (Lipinski definition) is 7. The molecule has 2 aliphatic carbocycles. The van der Waals surface area contributed by atoms with Gasteiger partial charge in [0.05, 0.1) is 24.2 Å². The van der Waals surface area contributed by atoms with Crippen molar-refractivity contribution in [3.8, 4) is 12.1 Å². The Morgan fingerprint density at radius 2 is 2.10 bits per heavy atom. The summed E-state index contributed by atoms with van der Waals surface area (Å²) in [5, 5.41) is 9.51. The van der Waals surface area contributed by atoms with Crippen LogP contribution in [0.25, 0.3) is 0 Å². The number of likely N-dealkylation sites (N-methyl/N-ethyl adjacent to an activating group) is 1. The number of likely N-dealkylation sites (tertiary alicyclic amines) is 1. The van der Waals surface area contributed by atoms with Gasteiger partial charge >= 0.3 is 6.01 Å². The van der Waals surface area contributed by atoms with Crippen LogP contribution in [0, 0.1) is 16.7 Å². The molecule has 2 fully saturated rings. The number of benzene rings is 1. The molecular weight excluding hydrogens is 568 g/mol. The van der Waals surface area contributed by atoms with Crippen LogP contribution in [0.15, 0.2) is 35.3 Å². The molecule has 3 unspecified atom stereocenters. The Balaban J connectivity index is 1.31. The maximum absolute atomic E-state index is 12.5. The highest BCUT2D eigenvalue weighted by Crippen LogP contribution is 2.49.